The van der Waals surface area contributed by atoms with Gasteiger partial charge in [-0.25, -0.2) is 9.59 Å². The minimum atomic E-state index is -1.33. The summed E-state index contributed by atoms with van der Waals surface area (Å²) in [6.07, 6.45) is 1.65. The highest BCUT2D eigenvalue weighted by Crippen LogP contribution is 2.44. The van der Waals surface area contributed by atoms with Crippen molar-refractivity contribution < 1.29 is 24.2 Å². The molecule has 1 rings (SSSR count). The van der Waals surface area contributed by atoms with E-state index in [9.17, 15) is 14.7 Å². The molecule has 0 radical (unpaired) electrons. The number of hydrogen-bond acceptors (Lipinski definition) is 4. The third-order valence-electron chi connectivity index (χ3n) is 3.53. The van der Waals surface area contributed by atoms with Gasteiger partial charge in [-0.15, -0.1) is 0 Å². The van der Waals surface area contributed by atoms with Crippen LogP contribution in [0.4, 0.5) is 4.79 Å². The fourth-order valence-electron chi connectivity index (χ4n) is 2.54. The molecule has 0 aromatic heterocycles. The molecular weight excluding hydrogens is 274 g/mol. The molecule has 21 heavy (non-hydrogen) atoms. The van der Waals surface area contributed by atoms with Crippen LogP contribution < -0.4 is 0 Å². The van der Waals surface area contributed by atoms with E-state index >= 15 is 0 Å². The maximum absolute atomic E-state index is 12.5. The number of carbonyl (C=O) groups excluding carboxylic acids is 1. The van der Waals surface area contributed by atoms with Crippen molar-refractivity contribution in [3.8, 4) is 0 Å². The maximum Gasteiger partial charge on any atom is 0.411 e. The van der Waals surface area contributed by atoms with E-state index in [1.165, 1.54) is 12.0 Å². The molecule has 0 saturated heterocycles. The van der Waals surface area contributed by atoms with Crippen LogP contribution >= 0.6 is 0 Å². The third-order valence-corrected chi connectivity index (χ3v) is 3.53. The standard InChI is InChI=1S/C15H27NO5/c1-6-9-16(13(19)21-14(2,3)4)15(10-20-5,12(17)18)11-7-8-11/h11H,6-10H2,1-5H3,(H,17,18). The summed E-state index contributed by atoms with van der Waals surface area (Å²) in [6.45, 7) is 7.53. The van der Waals surface area contributed by atoms with Gasteiger partial charge >= 0.3 is 12.1 Å². The Morgan fingerprint density at radius 2 is 1.86 bits per heavy atom. The number of carboxylic acids is 1. The molecule has 1 aliphatic rings. The molecule has 6 nitrogen and oxygen atoms in total. The van der Waals surface area contributed by atoms with Crippen molar-refractivity contribution in [1.29, 1.82) is 0 Å². The molecule has 0 aliphatic heterocycles. The van der Waals surface area contributed by atoms with Crippen molar-refractivity contribution in [2.45, 2.75) is 58.1 Å². The van der Waals surface area contributed by atoms with Crippen LogP contribution in [0.3, 0.4) is 0 Å². The van der Waals surface area contributed by atoms with Crippen LogP contribution in [0.1, 0.15) is 47.0 Å². The summed E-state index contributed by atoms with van der Waals surface area (Å²) in [5.41, 5.74) is -1.99. The molecular formula is C15H27NO5. The van der Waals surface area contributed by atoms with Crippen LogP contribution in [0, 0.1) is 5.92 Å². The van der Waals surface area contributed by atoms with E-state index in [2.05, 4.69) is 0 Å². The molecule has 1 atom stereocenters. The quantitative estimate of drug-likeness (QED) is 0.782. The number of amides is 1. The van der Waals surface area contributed by atoms with Crippen molar-refractivity contribution in [3.63, 3.8) is 0 Å². The van der Waals surface area contributed by atoms with E-state index < -0.39 is 23.2 Å². The zero-order valence-corrected chi connectivity index (χ0v) is 13.6. The van der Waals surface area contributed by atoms with E-state index in [4.69, 9.17) is 9.47 Å². The normalized spacial score (nSPS) is 18.0. The number of methoxy groups -OCH3 is 1. The number of hydrogen-bond donors (Lipinski definition) is 1. The molecule has 0 bridgehead atoms. The van der Waals surface area contributed by atoms with Gasteiger partial charge in [-0.05, 0) is 46.0 Å². The van der Waals surface area contributed by atoms with Gasteiger partial charge in [0.25, 0.3) is 0 Å². The van der Waals surface area contributed by atoms with Gasteiger partial charge in [0.15, 0.2) is 5.54 Å². The van der Waals surface area contributed by atoms with Crippen LogP contribution in [0.5, 0.6) is 0 Å². The highest BCUT2D eigenvalue weighted by atomic mass is 16.6. The molecule has 1 unspecified atom stereocenters. The smallest absolute Gasteiger partial charge is 0.411 e. The van der Waals surface area contributed by atoms with Crippen molar-refractivity contribution in [1.82, 2.24) is 4.90 Å². The van der Waals surface area contributed by atoms with Gasteiger partial charge in [0.05, 0.1) is 6.61 Å². The molecule has 0 spiro atoms. The molecule has 0 aromatic rings. The van der Waals surface area contributed by atoms with E-state index in [1.54, 1.807) is 20.8 Å². The topological polar surface area (TPSA) is 76.1 Å². The Morgan fingerprint density at radius 1 is 1.29 bits per heavy atom. The molecule has 6 heteroatoms. The Labute approximate surface area is 126 Å². The highest BCUT2D eigenvalue weighted by Gasteiger charge is 2.57. The lowest BCUT2D eigenvalue weighted by atomic mass is 9.91. The summed E-state index contributed by atoms with van der Waals surface area (Å²) in [6, 6.07) is 0. The predicted octanol–water partition coefficient (Wildman–Crippen LogP) is 2.51. The van der Waals surface area contributed by atoms with Gasteiger partial charge in [0.1, 0.15) is 5.60 Å². The first kappa shape index (κ1) is 17.8. The minimum Gasteiger partial charge on any atom is -0.479 e. The zero-order valence-electron chi connectivity index (χ0n) is 13.6. The maximum atomic E-state index is 12.5. The van der Waals surface area contributed by atoms with Crippen molar-refractivity contribution in [2.24, 2.45) is 5.92 Å². The second-order valence-corrected chi connectivity index (χ2v) is 6.57. The molecule has 1 fully saturated rings. The minimum absolute atomic E-state index is 0.0216. The summed E-state index contributed by atoms with van der Waals surface area (Å²) < 4.78 is 10.5. The van der Waals surface area contributed by atoms with E-state index in [1.807, 2.05) is 6.92 Å². The Bertz CT molecular complexity index is 386. The fraction of sp³-hybridized carbons (Fsp3) is 0.867. The van der Waals surface area contributed by atoms with E-state index in [-0.39, 0.29) is 12.5 Å². The molecule has 122 valence electrons. The summed E-state index contributed by atoms with van der Waals surface area (Å²) in [5, 5.41) is 9.78. The van der Waals surface area contributed by atoms with E-state index in [0.29, 0.717) is 13.0 Å². The Balaban J connectivity index is 3.13. The number of ether oxygens (including phenoxy) is 2. The average Bonchev–Trinajstić information content (AvgIpc) is 3.15. The Hall–Kier alpha value is -1.30. The van der Waals surface area contributed by atoms with Gasteiger partial charge in [-0.2, -0.15) is 0 Å². The van der Waals surface area contributed by atoms with Gasteiger partial charge in [0, 0.05) is 13.7 Å². The molecule has 1 saturated carbocycles. The number of carbonyl (C=O) groups is 2. The lowest BCUT2D eigenvalue weighted by Gasteiger charge is -2.40. The largest absolute Gasteiger partial charge is 0.479 e. The highest BCUT2D eigenvalue weighted by molar-refractivity contribution is 5.85. The van der Waals surface area contributed by atoms with Crippen molar-refractivity contribution in [2.75, 3.05) is 20.3 Å². The SMILES string of the molecule is CCCN(C(=O)OC(C)(C)C)C(COC)(C(=O)O)C1CC1. The van der Waals surface area contributed by atoms with E-state index in [0.717, 1.165) is 12.8 Å². The molecule has 0 heterocycles. The van der Waals surface area contributed by atoms with Gasteiger partial charge < -0.3 is 14.6 Å². The number of carboxylic acid groups (broad SMARTS) is 1. The van der Waals surface area contributed by atoms with Crippen molar-refractivity contribution in [3.05, 3.63) is 0 Å². The average molecular weight is 301 g/mol. The van der Waals surface area contributed by atoms with Crippen LogP contribution in [0.15, 0.2) is 0 Å². The Kier molecular flexibility index (Phi) is 5.61. The third kappa shape index (κ3) is 4.09. The number of aliphatic carboxylic acids is 1. The van der Waals surface area contributed by atoms with Crippen LogP contribution in [-0.2, 0) is 14.3 Å². The lowest BCUT2D eigenvalue weighted by Crippen LogP contribution is -2.62. The summed E-state index contributed by atoms with van der Waals surface area (Å²) in [7, 11) is 1.46. The van der Waals surface area contributed by atoms with Crippen LogP contribution in [-0.4, -0.2) is 53.5 Å². The summed E-state index contributed by atoms with van der Waals surface area (Å²) in [4.78, 5) is 25.8. The Morgan fingerprint density at radius 3 is 2.19 bits per heavy atom. The molecule has 1 aliphatic carbocycles. The molecule has 1 N–H and O–H groups in total. The zero-order chi connectivity index (χ0) is 16.3. The molecule has 0 aromatic carbocycles. The van der Waals surface area contributed by atoms with Gasteiger partial charge in [0.2, 0.25) is 0 Å². The number of nitrogens with zero attached hydrogens (tertiary/aromatic N) is 1. The second kappa shape index (κ2) is 6.64. The molecule has 1 amide bonds. The summed E-state index contributed by atoms with van der Waals surface area (Å²) >= 11 is 0. The summed E-state index contributed by atoms with van der Waals surface area (Å²) in [5.74, 6) is -1.10. The monoisotopic (exact) mass is 301 g/mol. The lowest BCUT2D eigenvalue weighted by molar-refractivity contribution is -0.157. The van der Waals surface area contributed by atoms with Crippen molar-refractivity contribution >= 4 is 12.1 Å². The predicted molar refractivity (Wildman–Crippen MR) is 78.2 cm³/mol. The van der Waals surface area contributed by atoms with Gasteiger partial charge in [-0.1, -0.05) is 6.92 Å². The van der Waals surface area contributed by atoms with Gasteiger partial charge in [-0.3, -0.25) is 4.90 Å². The first-order valence-corrected chi connectivity index (χ1v) is 7.42. The van der Waals surface area contributed by atoms with Crippen LogP contribution in [0.2, 0.25) is 0 Å². The first-order valence-electron chi connectivity index (χ1n) is 7.42. The second-order valence-electron chi connectivity index (χ2n) is 6.57. The first-order chi connectivity index (χ1) is 9.69. The fourth-order valence-corrected chi connectivity index (χ4v) is 2.54. The van der Waals surface area contributed by atoms with Crippen LogP contribution in [0.25, 0.3) is 0 Å². The number of rotatable bonds is 7.